The highest BCUT2D eigenvalue weighted by molar-refractivity contribution is 5.57. The van der Waals surface area contributed by atoms with Gasteiger partial charge in [-0.15, -0.1) is 0 Å². The van der Waals surface area contributed by atoms with E-state index in [1.165, 1.54) is 17.7 Å². The highest BCUT2D eigenvalue weighted by atomic mass is 16.1. The van der Waals surface area contributed by atoms with Gasteiger partial charge in [-0.3, -0.25) is 9.20 Å². The summed E-state index contributed by atoms with van der Waals surface area (Å²) >= 11 is 0. The van der Waals surface area contributed by atoms with Gasteiger partial charge in [0.2, 0.25) is 0 Å². The minimum Gasteiger partial charge on any atom is -0.371 e. The molecule has 0 saturated carbocycles. The Morgan fingerprint density at radius 3 is 2.70 bits per heavy atom. The zero-order valence-corrected chi connectivity index (χ0v) is 15.4. The third kappa shape index (κ3) is 3.07. The minimum atomic E-state index is -0.00797. The number of pyridine rings is 1. The highest BCUT2D eigenvalue weighted by Gasteiger charge is 2.25. The largest absolute Gasteiger partial charge is 0.371 e. The summed E-state index contributed by atoms with van der Waals surface area (Å²) in [5.41, 5.74) is 3.61. The number of hydrogen-bond acceptors (Lipinski definition) is 4. The summed E-state index contributed by atoms with van der Waals surface area (Å²) in [4.78, 5) is 21.9. The second-order valence-corrected chi connectivity index (χ2v) is 7.64. The second-order valence-electron chi connectivity index (χ2n) is 7.64. The topological polar surface area (TPSA) is 40.9 Å². The van der Waals surface area contributed by atoms with Crippen LogP contribution in [0.2, 0.25) is 0 Å². The number of benzene rings is 1. The number of hydrogen-bond donors (Lipinski definition) is 0. The molecule has 1 aromatic carbocycles. The Morgan fingerprint density at radius 1 is 1.00 bits per heavy atom. The van der Waals surface area contributed by atoms with Crippen molar-refractivity contribution < 1.29 is 0 Å². The Morgan fingerprint density at radius 2 is 1.81 bits per heavy atom. The van der Waals surface area contributed by atoms with Crippen LogP contribution in [-0.4, -0.2) is 35.6 Å². The van der Waals surface area contributed by atoms with E-state index < -0.39 is 0 Å². The van der Waals surface area contributed by atoms with Crippen molar-refractivity contribution in [2.45, 2.75) is 19.3 Å². The normalized spacial score (nSPS) is 17.5. The van der Waals surface area contributed by atoms with Crippen LogP contribution in [0.4, 0.5) is 11.5 Å². The van der Waals surface area contributed by atoms with Gasteiger partial charge in [-0.25, -0.2) is 4.98 Å². The van der Waals surface area contributed by atoms with Gasteiger partial charge in [-0.2, -0.15) is 0 Å². The lowest BCUT2D eigenvalue weighted by Gasteiger charge is -2.35. The molecule has 0 bridgehead atoms. The summed E-state index contributed by atoms with van der Waals surface area (Å²) in [7, 11) is 0. The maximum atomic E-state index is 12.3. The average molecular weight is 360 g/mol. The molecule has 5 rings (SSSR count). The Kier molecular flexibility index (Phi) is 4.07. The third-order valence-electron chi connectivity index (χ3n) is 5.96. The zero-order chi connectivity index (χ0) is 18.2. The van der Waals surface area contributed by atoms with E-state index in [4.69, 9.17) is 4.98 Å². The van der Waals surface area contributed by atoms with Gasteiger partial charge in [0.15, 0.2) is 0 Å². The first-order valence-corrected chi connectivity index (χ1v) is 9.84. The lowest BCUT2D eigenvalue weighted by Crippen LogP contribution is -2.39. The summed E-state index contributed by atoms with van der Waals surface area (Å²) in [6.07, 6.45) is 5.23. The molecule has 0 unspecified atom stereocenters. The molecule has 138 valence electrons. The van der Waals surface area contributed by atoms with Gasteiger partial charge in [0, 0.05) is 44.1 Å². The lowest BCUT2D eigenvalue weighted by molar-refractivity contribution is 0.404. The van der Waals surface area contributed by atoms with Gasteiger partial charge in [-0.05, 0) is 48.9 Å². The molecule has 0 spiro atoms. The number of anilines is 2. The Hall–Kier alpha value is -2.82. The van der Waals surface area contributed by atoms with Crippen LogP contribution in [0.25, 0.3) is 5.65 Å². The molecule has 27 heavy (non-hydrogen) atoms. The summed E-state index contributed by atoms with van der Waals surface area (Å²) in [5, 5.41) is 0. The molecule has 2 aliphatic heterocycles. The van der Waals surface area contributed by atoms with E-state index in [1.807, 2.05) is 18.2 Å². The Bertz CT molecular complexity index is 1020. The third-order valence-corrected chi connectivity index (χ3v) is 5.96. The first kappa shape index (κ1) is 16.4. The highest BCUT2D eigenvalue weighted by Crippen LogP contribution is 2.30. The van der Waals surface area contributed by atoms with E-state index in [-0.39, 0.29) is 5.56 Å². The fraction of sp³-hybridized carbons (Fsp3) is 0.364. The van der Waals surface area contributed by atoms with E-state index in [9.17, 15) is 4.79 Å². The number of para-hydroxylation sites is 1. The number of nitrogens with zero attached hydrogens (tertiary/aromatic N) is 4. The summed E-state index contributed by atoms with van der Waals surface area (Å²) < 4.78 is 1.60. The van der Waals surface area contributed by atoms with Gasteiger partial charge in [0.1, 0.15) is 11.5 Å². The van der Waals surface area contributed by atoms with Crippen molar-refractivity contribution in [1.29, 1.82) is 0 Å². The molecule has 5 heteroatoms. The van der Waals surface area contributed by atoms with Crippen LogP contribution in [-0.2, 0) is 6.42 Å². The predicted octanol–water partition coefficient (Wildman–Crippen LogP) is 2.97. The molecular formula is C22H24N4O. The molecule has 1 fully saturated rings. The summed E-state index contributed by atoms with van der Waals surface area (Å²) in [6.45, 7) is 4.21. The van der Waals surface area contributed by atoms with Crippen LogP contribution in [0, 0.1) is 5.92 Å². The molecule has 4 heterocycles. The van der Waals surface area contributed by atoms with Gasteiger partial charge < -0.3 is 9.80 Å². The first-order valence-electron chi connectivity index (χ1n) is 9.84. The SMILES string of the molecule is O=c1cc(N2CCC(CN3CCc4ccccc43)CC2)nc2ccccn12. The molecule has 5 nitrogen and oxygen atoms in total. The van der Waals surface area contributed by atoms with Gasteiger partial charge in [-0.1, -0.05) is 24.3 Å². The van der Waals surface area contributed by atoms with Crippen LogP contribution in [0.3, 0.4) is 0 Å². The second kappa shape index (κ2) is 6.72. The molecule has 0 amide bonds. The number of aromatic nitrogens is 2. The molecule has 0 atom stereocenters. The predicted molar refractivity (Wildman–Crippen MR) is 109 cm³/mol. The van der Waals surface area contributed by atoms with Gasteiger partial charge in [0.25, 0.3) is 5.56 Å². The van der Waals surface area contributed by atoms with E-state index >= 15 is 0 Å². The van der Waals surface area contributed by atoms with Crippen molar-refractivity contribution in [3.63, 3.8) is 0 Å². The zero-order valence-electron chi connectivity index (χ0n) is 15.4. The molecule has 2 aliphatic rings. The molecule has 0 N–H and O–H groups in total. The van der Waals surface area contributed by atoms with Crippen molar-refractivity contribution in [1.82, 2.24) is 9.38 Å². The lowest BCUT2D eigenvalue weighted by atomic mass is 9.96. The monoisotopic (exact) mass is 360 g/mol. The van der Waals surface area contributed by atoms with Crippen molar-refractivity contribution >= 4 is 17.2 Å². The average Bonchev–Trinajstić information content (AvgIpc) is 3.12. The first-order chi connectivity index (χ1) is 13.3. The number of fused-ring (bicyclic) bond motifs is 2. The van der Waals surface area contributed by atoms with E-state index in [0.717, 1.165) is 50.5 Å². The van der Waals surface area contributed by atoms with Crippen molar-refractivity contribution in [2.75, 3.05) is 36.0 Å². The van der Waals surface area contributed by atoms with E-state index in [1.54, 1.807) is 16.7 Å². The van der Waals surface area contributed by atoms with Crippen molar-refractivity contribution in [3.05, 3.63) is 70.6 Å². The van der Waals surface area contributed by atoms with Crippen LogP contribution >= 0.6 is 0 Å². The Labute approximate surface area is 158 Å². The number of piperidine rings is 1. The van der Waals surface area contributed by atoms with Crippen molar-refractivity contribution in [3.8, 4) is 0 Å². The standard InChI is InChI=1S/C22H24N4O/c27-22-15-21(23-20-7-3-4-11-26(20)22)24-12-8-17(9-13-24)16-25-14-10-18-5-1-2-6-19(18)25/h1-7,11,15,17H,8-10,12-14,16H2. The Balaban J connectivity index is 1.26. The van der Waals surface area contributed by atoms with Gasteiger partial charge >= 0.3 is 0 Å². The van der Waals surface area contributed by atoms with Crippen LogP contribution in [0.5, 0.6) is 0 Å². The van der Waals surface area contributed by atoms with Crippen LogP contribution < -0.4 is 15.4 Å². The molecule has 0 radical (unpaired) electrons. The molecular weight excluding hydrogens is 336 g/mol. The molecule has 1 saturated heterocycles. The minimum absolute atomic E-state index is 0.00797. The van der Waals surface area contributed by atoms with E-state index in [2.05, 4.69) is 34.1 Å². The van der Waals surface area contributed by atoms with Crippen LogP contribution in [0.15, 0.2) is 59.5 Å². The number of rotatable bonds is 3. The fourth-order valence-electron chi connectivity index (χ4n) is 4.46. The quantitative estimate of drug-likeness (QED) is 0.720. The maximum Gasteiger partial charge on any atom is 0.259 e. The summed E-state index contributed by atoms with van der Waals surface area (Å²) in [5.74, 6) is 1.52. The molecule has 0 aliphatic carbocycles. The molecule has 3 aromatic rings. The molecule has 2 aromatic heterocycles. The smallest absolute Gasteiger partial charge is 0.259 e. The van der Waals surface area contributed by atoms with E-state index in [0.29, 0.717) is 5.92 Å². The van der Waals surface area contributed by atoms with Gasteiger partial charge in [0.05, 0.1) is 0 Å². The van der Waals surface area contributed by atoms with Crippen molar-refractivity contribution in [2.24, 2.45) is 5.92 Å². The fourth-order valence-corrected chi connectivity index (χ4v) is 4.46. The maximum absolute atomic E-state index is 12.3. The summed E-state index contributed by atoms with van der Waals surface area (Å²) in [6, 6.07) is 16.1. The van der Waals surface area contributed by atoms with Crippen LogP contribution in [0.1, 0.15) is 18.4 Å².